The van der Waals surface area contributed by atoms with Crippen molar-refractivity contribution in [2.24, 2.45) is 5.92 Å². The highest BCUT2D eigenvalue weighted by Crippen LogP contribution is 2.27. The van der Waals surface area contributed by atoms with Crippen molar-refractivity contribution in [1.29, 1.82) is 0 Å². The van der Waals surface area contributed by atoms with E-state index in [1.165, 1.54) is 11.1 Å². The SMILES string of the molecule is COCC(C)CC(CNc1ncccn1)c1ccccc1C. The van der Waals surface area contributed by atoms with Gasteiger partial charge in [-0.1, -0.05) is 31.2 Å². The highest BCUT2D eigenvalue weighted by Gasteiger charge is 2.17. The first kappa shape index (κ1) is 16.4. The molecule has 4 nitrogen and oxygen atoms in total. The number of nitrogens with one attached hydrogen (secondary N) is 1. The van der Waals surface area contributed by atoms with Crippen LogP contribution in [-0.4, -0.2) is 30.2 Å². The lowest BCUT2D eigenvalue weighted by molar-refractivity contribution is 0.152. The third kappa shape index (κ3) is 4.81. The second-order valence-electron chi connectivity index (χ2n) is 5.80. The molecule has 0 spiro atoms. The number of nitrogens with zero attached hydrogens (tertiary/aromatic N) is 2. The Morgan fingerprint density at radius 2 is 1.86 bits per heavy atom. The lowest BCUT2D eigenvalue weighted by Gasteiger charge is -2.23. The van der Waals surface area contributed by atoms with Gasteiger partial charge in [0.25, 0.3) is 0 Å². The van der Waals surface area contributed by atoms with Gasteiger partial charge in [0, 0.05) is 38.6 Å². The maximum absolute atomic E-state index is 5.29. The van der Waals surface area contributed by atoms with E-state index in [4.69, 9.17) is 4.74 Å². The summed E-state index contributed by atoms with van der Waals surface area (Å²) in [6.07, 6.45) is 4.58. The Morgan fingerprint density at radius 3 is 2.55 bits per heavy atom. The Labute approximate surface area is 133 Å². The van der Waals surface area contributed by atoms with Crippen molar-refractivity contribution in [1.82, 2.24) is 9.97 Å². The molecule has 0 aliphatic rings. The molecule has 1 heterocycles. The van der Waals surface area contributed by atoms with Crippen LogP contribution in [0, 0.1) is 12.8 Å². The summed E-state index contributed by atoms with van der Waals surface area (Å²) in [6.45, 7) is 6.00. The second-order valence-corrected chi connectivity index (χ2v) is 5.80. The van der Waals surface area contributed by atoms with Gasteiger partial charge in [-0.3, -0.25) is 0 Å². The van der Waals surface area contributed by atoms with Gasteiger partial charge in [0.1, 0.15) is 0 Å². The number of ether oxygens (including phenoxy) is 1. The first-order chi connectivity index (χ1) is 10.7. The standard InChI is InChI=1S/C18H25N3O/c1-14(13-22-3)11-16(17-8-5-4-7-15(17)2)12-21-18-19-9-6-10-20-18/h4-10,14,16H,11-13H2,1-3H3,(H,19,20,21). The number of rotatable bonds is 8. The van der Waals surface area contributed by atoms with E-state index in [-0.39, 0.29) is 0 Å². The first-order valence-corrected chi connectivity index (χ1v) is 7.76. The molecule has 22 heavy (non-hydrogen) atoms. The molecule has 4 heteroatoms. The van der Waals surface area contributed by atoms with Crippen LogP contribution in [0.1, 0.15) is 30.4 Å². The Bertz CT molecular complexity index is 559. The highest BCUT2D eigenvalue weighted by molar-refractivity contribution is 5.32. The van der Waals surface area contributed by atoms with Crippen molar-refractivity contribution in [3.05, 3.63) is 53.9 Å². The van der Waals surface area contributed by atoms with Gasteiger partial charge >= 0.3 is 0 Å². The van der Waals surface area contributed by atoms with Crippen LogP contribution >= 0.6 is 0 Å². The molecule has 0 aliphatic heterocycles. The predicted octanol–water partition coefficient (Wildman–Crippen LogP) is 3.65. The van der Waals surface area contributed by atoms with E-state index in [1.807, 2.05) is 6.07 Å². The van der Waals surface area contributed by atoms with E-state index in [2.05, 4.69) is 53.4 Å². The molecule has 2 atom stereocenters. The minimum atomic E-state index is 0.412. The number of hydrogen-bond donors (Lipinski definition) is 1. The average molecular weight is 299 g/mol. The van der Waals surface area contributed by atoms with Gasteiger partial charge in [-0.05, 0) is 36.5 Å². The van der Waals surface area contributed by atoms with E-state index < -0.39 is 0 Å². The van der Waals surface area contributed by atoms with Gasteiger partial charge in [0.05, 0.1) is 0 Å². The maximum atomic E-state index is 5.29. The van der Waals surface area contributed by atoms with Crippen LogP contribution in [0.3, 0.4) is 0 Å². The van der Waals surface area contributed by atoms with Crippen LogP contribution in [0.25, 0.3) is 0 Å². The van der Waals surface area contributed by atoms with Gasteiger partial charge in [0.2, 0.25) is 5.95 Å². The van der Waals surface area contributed by atoms with Gasteiger partial charge in [-0.15, -0.1) is 0 Å². The molecular weight excluding hydrogens is 274 g/mol. The van der Waals surface area contributed by atoms with Crippen LogP contribution in [0.2, 0.25) is 0 Å². The molecule has 2 unspecified atom stereocenters. The van der Waals surface area contributed by atoms with E-state index in [0.29, 0.717) is 17.8 Å². The fourth-order valence-corrected chi connectivity index (χ4v) is 2.81. The smallest absolute Gasteiger partial charge is 0.222 e. The lowest BCUT2D eigenvalue weighted by atomic mass is 9.87. The van der Waals surface area contributed by atoms with Crippen molar-refractivity contribution in [3.63, 3.8) is 0 Å². The molecule has 1 aromatic heterocycles. The number of aromatic nitrogens is 2. The minimum Gasteiger partial charge on any atom is -0.384 e. The monoisotopic (exact) mass is 299 g/mol. The molecule has 2 rings (SSSR count). The van der Waals surface area contributed by atoms with Gasteiger partial charge in [-0.25, -0.2) is 9.97 Å². The van der Waals surface area contributed by atoms with Crippen LogP contribution in [0.15, 0.2) is 42.7 Å². The summed E-state index contributed by atoms with van der Waals surface area (Å²) in [5, 5.41) is 3.35. The fraction of sp³-hybridized carbons (Fsp3) is 0.444. The lowest BCUT2D eigenvalue weighted by Crippen LogP contribution is -2.19. The van der Waals surface area contributed by atoms with Crippen LogP contribution in [0.5, 0.6) is 0 Å². The number of anilines is 1. The van der Waals surface area contributed by atoms with Crippen molar-refractivity contribution >= 4 is 5.95 Å². The zero-order valence-electron chi connectivity index (χ0n) is 13.6. The second kappa shape index (κ2) is 8.49. The van der Waals surface area contributed by atoms with Crippen LogP contribution in [0.4, 0.5) is 5.95 Å². The number of hydrogen-bond acceptors (Lipinski definition) is 4. The summed E-state index contributed by atoms with van der Waals surface area (Å²) in [6, 6.07) is 10.4. The van der Waals surface area contributed by atoms with E-state index in [9.17, 15) is 0 Å². The molecule has 0 amide bonds. The topological polar surface area (TPSA) is 47.0 Å². The van der Waals surface area contributed by atoms with Gasteiger partial charge in [-0.2, -0.15) is 0 Å². The van der Waals surface area contributed by atoms with Crippen molar-refractivity contribution in [3.8, 4) is 0 Å². The Hall–Kier alpha value is -1.94. The largest absolute Gasteiger partial charge is 0.384 e. The molecule has 0 bridgehead atoms. The van der Waals surface area contributed by atoms with Crippen LogP contribution in [-0.2, 0) is 4.74 Å². The van der Waals surface area contributed by atoms with Crippen LogP contribution < -0.4 is 5.32 Å². The average Bonchev–Trinajstić information content (AvgIpc) is 2.53. The van der Waals surface area contributed by atoms with Gasteiger partial charge < -0.3 is 10.1 Å². The van der Waals surface area contributed by atoms with Gasteiger partial charge in [0.15, 0.2) is 0 Å². The van der Waals surface area contributed by atoms with E-state index >= 15 is 0 Å². The zero-order chi connectivity index (χ0) is 15.8. The number of aryl methyl sites for hydroxylation is 1. The molecule has 2 aromatic rings. The first-order valence-electron chi connectivity index (χ1n) is 7.76. The summed E-state index contributed by atoms with van der Waals surface area (Å²) in [5.74, 6) is 1.60. The summed E-state index contributed by atoms with van der Waals surface area (Å²) in [4.78, 5) is 8.47. The van der Waals surface area contributed by atoms with Crippen molar-refractivity contribution < 1.29 is 4.74 Å². The van der Waals surface area contributed by atoms with Crippen molar-refractivity contribution in [2.45, 2.75) is 26.2 Å². The Balaban J connectivity index is 2.09. The third-order valence-corrected chi connectivity index (χ3v) is 3.84. The summed E-state index contributed by atoms with van der Waals surface area (Å²) in [5.41, 5.74) is 2.71. The van der Waals surface area contributed by atoms with Crippen molar-refractivity contribution in [2.75, 3.05) is 25.6 Å². The molecule has 1 aromatic carbocycles. The summed E-state index contributed by atoms with van der Waals surface area (Å²) in [7, 11) is 1.76. The Morgan fingerprint density at radius 1 is 1.14 bits per heavy atom. The quantitative estimate of drug-likeness (QED) is 0.808. The molecule has 0 fully saturated rings. The van der Waals surface area contributed by atoms with E-state index in [1.54, 1.807) is 19.5 Å². The molecule has 0 aliphatic carbocycles. The Kier molecular flexibility index (Phi) is 6.34. The van der Waals surface area contributed by atoms with E-state index in [0.717, 1.165) is 19.6 Å². The maximum Gasteiger partial charge on any atom is 0.222 e. The molecule has 1 N–H and O–H groups in total. The number of benzene rings is 1. The zero-order valence-corrected chi connectivity index (χ0v) is 13.6. The molecular formula is C18H25N3O. The third-order valence-electron chi connectivity index (χ3n) is 3.84. The fourth-order valence-electron chi connectivity index (χ4n) is 2.81. The normalized spacial score (nSPS) is 13.6. The summed E-state index contributed by atoms with van der Waals surface area (Å²) >= 11 is 0. The highest BCUT2D eigenvalue weighted by atomic mass is 16.5. The predicted molar refractivity (Wildman–Crippen MR) is 90.1 cm³/mol. The number of methoxy groups -OCH3 is 1. The molecule has 0 radical (unpaired) electrons. The summed E-state index contributed by atoms with van der Waals surface area (Å²) < 4.78 is 5.29. The molecule has 0 saturated heterocycles. The molecule has 118 valence electrons. The molecule has 0 saturated carbocycles. The minimum absolute atomic E-state index is 0.412.